The van der Waals surface area contributed by atoms with Gasteiger partial charge in [-0.2, -0.15) is 0 Å². The Morgan fingerprint density at radius 2 is 2.00 bits per heavy atom. The Bertz CT molecular complexity index is 198. The van der Waals surface area contributed by atoms with Crippen LogP contribution >= 0.6 is 23.2 Å². The smallest absolute Gasteiger partial charge is 0.326 e. The van der Waals surface area contributed by atoms with Gasteiger partial charge in [-0.05, 0) is 6.92 Å². The van der Waals surface area contributed by atoms with Gasteiger partial charge in [0.2, 0.25) is 5.91 Å². The molecule has 6 heteroatoms. The molecule has 0 aliphatic carbocycles. The molecule has 0 aromatic rings. The van der Waals surface area contributed by atoms with Crippen LogP contribution in [-0.2, 0) is 9.59 Å². The number of amides is 1. The molecule has 0 saturated carbocycles. The van der Waals surface area contributed by atoms with Crippen LogP contribution < -0.4 is 0 Å². The molecule has 0 aromatic carbocycles. The number of nitrogens with zero attached hydrogens (tertiary/aromatic N) is 1. The summed E-state index contributed by atoms with van der Waals surface area (Å²) in [5, 5.41) is 8.64. The molecule has 0 rings (SSSR count). The molecule has 1 amide bonds. The van der Waals surface area contributed by atoms with Gasteiger partial charge in [-0.25, -0.2) is 4.79 Å². The van der Waals surface area contributed by atoms with E-state index in [1.165, 1.54) is 6.92 Å². The highest BCUT2D eigenvalue weighted by Gasteiger charge is 2.23. The van der Waals surface area contributed by atoms with Crippen molar-refractivity contribution < 1.29 is 14.7 Å². The van der Waals surface area contributed by atoms with Crippen molar-refractivity contribution >= 4 is 35.1 Å². The van der Waals surface area contributed by atoms with Crippen molar-refractivity contribution in [3.63, 3.8) is 0 Å². The fourth-order valence-electron chi connectivity index (χ4n) is 0.835. The standard InChI is InChI=1S/C7H11Cl2NO3/c1-5(7(12)13)10(3-2-8)6(11)4-9/h5H,2-4H2,1H3,(H,12,13)/t5-/m0/s1. The molecule has 0 aromatic heterocycles. The molecule has 0 aliphatic heterocycles. The summed E-state index contributed by atoms with van der Waals surface area (Å²) in [7, 11) is 0. The highest BCUT2D eigenvalue weighted by Crippen LogP contribution is 2.02. The van der Waals surface area contributed by atoms with E-state index in [1.54, 1.807) is 0 Å². The first-order valence-electron chi connectivity index (χ1n) is 3.68. The minimum atomic E-state index is -1.07. The maximum Gasteiger partial charge on any atom is 0.326 e. The Morgan fingerprint density at radius 1 is 1.46 bits per heavy atom. The fourth-order valence-corrected chi connectivity index (χ4v) is 1.17. The monoisotopic (exact) mass is 227 g/mol. The van der Waals surface area contributed by atoms with Crippen molar-refractivity contribution in [3.8, 4) is 0 Å². The van der Waals surface area contributed by atoms with Gasteiger partial charge in [0.15, 0.2) is 0 Å². The molecule has 0 heterocycles. The average molecular weight is 228 g/mol. The van der Waals surface area contributed by atoms with E-state index in [1.807, 2.05) is 0 Å². The summed E-state index contributed by atoms with van der Waals surface area (Å²) in [6.45, 7) is 1.61. The van der Waals surface area contributed by atoms with Crippen LogP contribution in [0.1, 0.15) is 6.92 Å². The second-order valence-electron chi connectivity index (χ2n) is 2.42. The molecule has 0 unspecified atom stereocenters. The van der Waals surface area contributed by atoms with Crippen LogP contribution in [0, 0.1) is 0 Å². The summed E-state index contributed by atoms with van der Waals surface area (Å²) in [6.07, 6.45) is 0. The second-order valence-corrected chi connectivity index (χ2v) is 3.07. The fraction of sp³-hybridized carbons (Fsp3) is 0.714. The predicted molar refractivity (Wildman–Crippen MR) is 50.3 cm³/mol. The van der Waals surface area contributed by atoms with E-state index in [9.17, 15) is 9.59 Å². The second kappa shape index (κ2) is 6.05. The molecule has 0 radical (unpaired) electrons. The largest absolute Gasteiger partial charge is 0.480 e. The van der Waals surface area contributed by atoms with Crippen molar-refractivity contribution in [1.82, 2.24) is 4.90 Å². The maximum absolute atomic E-state index is 11.1. The number of halogens is 2. The van der Waals surface area contributed by atoms with Crippen LogP contribution in [0.4, 0.5) is 0 Å². The minimum Gasteiger partial charge on any atom is -0.480 e. The first kappa shape index (κ1) is 12.5. The van der Waals surface area contributed by atoms with E-state index in [0.717, 1.165) is 4.90 Å². The number of hydrogen-bond acceptors (Lipinski definition) is 2. The number of carbonyl (C=O) groups is 2. The van der Waals surface area contributed by atoms with E-state index in [-0.39, 0.29) is 18.3 Å². The number of alkyl halides is 2. The number of carboxylic acids is 1. The van der Waals surface area contributed by atoms with E-state index in [0.29, 0.717) is 0 Å². The van der Waals surface area contributed by atoms with Crippen LogP contribution in [0.15, 0.2) is 0 Å². The quantitative estimate of drug-likeness (QED) is 0.707. The van der Waals surface area contributed by atoms with Crippen molar-refractivity contribution in [1.29, 1.82) is 0 Å². The summed E-state index contributed by atoms with van der Waals surface area (Å²) in [5.74, 6) is -1.52. The van der Waals surface area contributed by atoms with Gasteiger partial charge in [-0.1, -0.05) is 0 Å². The number of carboxylic acid groups (broad SMARTS) is 1. The molecule has 0 spiro atoms. The Kier molecular flexibility index (Phi) is 5.82. The first-order valence-corrected chi connectivity index (χ1v) is 4.75. The molecule has 0 saturated heterocycles. The Hall–Kier alpha value is -0.480. The lowest BCUT2D eigenvalue weighted by atomic mass is 10.3. The number of aliphatic carboxylic acids is 1. The number of carbonyl (C=O) groups excluding carboxylic acids is 1. The van der Waals surface area contributed by atoms with Gasteiger partial charge in [0.25, 0.3) is 0 Å². The third kappa shape index (κ3) is 3.83. The molecule has 0 bridgehead atoms. The van der Waals surface area contributed by atoms with Crippen LogP contribution in [0.2, 0.25) is 0 Å². The molecule has 13 heavy (non-hydrogen) atoms. The van der Waals surface area contributed by atoms with Crippen molar-refractivity contribution in [2.45, 2.75) is 13.0 Å². The van der Waals surface area contributed by atoms with Crippen molar-refractivity contribution in [3.05, 3.63) is 0 Å². The minimum absolute atomic E-state index is 0.195. The molecule has 0 aliphatic rings. The van der Waals surface area contributed by atoms with Crippen molar-refractivity contribution in [2.24, 2.45) is 0 Å². The van der Waals surface area contributed by atoms with Crippen molar-refractivity contribution in [2.75, 3.05) is 18.3 Å². The summed E-state index contributed by atoms with van der Waals surface area (Å²) in [6, 6.07) is -0.884. The van der Waals surface area contributed by atoms with E-state index < -0.39 is 17.9 Å². The number of rotatable bonds is 5. The van der Waals surface area contributed by atoms with Gasteiger partial charge in [0.1, 0.15) is 11.9 Å². The molecule has 1 atom stereocenters. The third-order valence-electron chi connectivity index (χ3n) is 1.58. The van der Waals surface area contributed by atoms with Gasteiger partial charge in [0.05, 0.1) is 0 Å². The Balaban J connectivity index is 4.40. The van der Waals surface area contributed by atoms with E-state index in [4.69, 9.17) is 28.3 Å². The van der Waals surface area contributed by atoms with Crippen LogP contribution in [0.3, 0.4) is 0 Å². The molecule has 76 valence electrons. The molecular weight excluding hydrogens is 217 g/mol. The summed E-state index contributed by atoms with van der Waals surface area (Å²) >= 11 is 10.7. The van der Waals surface area contributed by atoms with Gasteiger partial charge < -0.3 is 10.0 Å². The lowest BCUT2D eigenvalue weighted by Gasteiger charge is -2.24. The molecular formula is C7H11Cl2NO3. The topological polar surface area (TPSA) is 57.6 Å². The van der Waals surface area contributed by atoms with Gasteiger partial charge in [-0.15, -0.1) is 23.2 Å². The van der Waals surface area contributed by atoms with Crippen LogP contribution in [0.25, 0.3) is 0 Å². The molecule has 4 nitrogen and oxygen atoms in total. The van der Waals surface area contributed by atoms with Gasteiger partial charge in [0, 0.05) is 12.4 Å². The van der Waals surface area contributed by atoms with Crippen LogP contribution in [-0.4, -0.2) is 46.2 Å². The van der Waals surface area contributed by atoms with E-state index in [2.05, 4.69) is 0 Å². The zero-order valence-electron chi connectivity index (χ0n) is 7.17. The Labute approximate surface area is 86.4 Å². The summed E-state index contributed by atoms with van der Waals surface area (Å²) < 4.78 is 0. The lowest BCUT2D eigenvalue weighted by Crippen LogP contribution is -2.44. The highest BCUT2D eigenvalue weighted by atomic mass is 35.5. The van der Waals surface area contributed by atoms with E-state index >= 15 is 0 Å². The van der Waals surface area contributed by atoms with Crippen LogP contribution in [0.5, 0.6) is 0 Å². The predicted octanol–water partition coefficient (Wildman–Crippen LogP) is 0.766. The summed E-state index contributed by atoms with van der Waals surface area (Å²) in [5.41, 5.74) is 0. The zero-order valence-corrected chi connectivity index (χ0v) is 8.68. The highest BCUT2D eigenvalue weighted by molar-refractivity contribution is 6.27. The molecule has 0 fully saturated rings. The normalized spacial score (nSPS) is 12.2. The number of hydrogen-bond donors (Lipinski definition) is 1. The van der Waals surface area contributed by atoms with Gasteiger partial charge >= 0.3 is 5.97 Å². The SMILES string of the molecule is C[C@@H](C(=O)O)N(CCCl)C(=O)CCl. The first-order chi connectivity index (χ1) is 6.04. The average Bonchev–Trinajstić information content (AvgIpc) is 2.11. The lowest BCUT2D eigenvalue weighted by molar-refractivity contribution is -0.148. The maximum atomic E-state index is 11.1. The zero-order chi connectivity index (χ0) is 10.4. The summed E-state index contributed by atoms with van der Waals surface area (Å²) in [4.78, 5) is 22.8. The van der Waals surface area contributed by atoms with Gasteiger partial charge in [-0.3, -0.25) is 4.79 Å². The Morgan fingerprint density at radius 3 is 2.31 bits per heavy atom. The third-order valence-corrected chi connectivity index (χ3v) is 1.98. The molecule has 1 N–H and O–H groups in total.